The Kier molecular flexibility index (Phi) is 3.22. The highest BCUT2D eigenvalue weighted by molar-refractivity contribution is 5.77. The number of benzene rings is 1. The summed E-state index contributed by atoms with van der Waals surface area (Å²) in [5, 5.41) is 8.93. The van der Waals surface area contributed by atoms with Gasteiger partial charge in [0.05, 0.1) is 22.7 Å². The molecule has 1 aliphatic rings. The Morgan fingerprint density at radius 1 is 1.32 bits per heavy atom. The maximum absolute atomic E-state index is 8.93. The van der Waals surface area contributed by atoms with E-state index in [1.807, 2.05) is 18.2 Å². The summed E-state index contributed by atoms with van der Waals surface area (Å²) in [5.41, 5.74) is 2.71. The third-order valence-electron chi connectivity index (χ3n) is 3.95. The van der Waals surface area contributed by atoms with Crippen molar-refractivity contribution < 1.29 is 0 Å². The van der Waals surface area contributed by atoms with Gasteiger partial charge in [0.25, 0.3) is 0 Å². The van der Waals surface area contributed by atoms with Gasteiger partial charge in [0.15, 0.2) is 0 Å². The summed E-state index contributed by atoms with van der Waals surface area (Å²) < 4.78 is 2.15. The third-order valence-corrected chi connectivity index (χ3v) is 3.95. The molecule has 1 aliphatic heterocycles. The van der Waals surface area contributed by atoms with Crippen molar-refractivity contribution in [1.82, 2.24) is 14.5 Å². The number of nitriles is 1. The first-order valence-corrected chi connectivity index (χ1v) is 6.86. The summed E-state index contributed by atoms with van der Waals surface area (Å²) in [6.07, 6.45) is 3.63. The van der Waals surface area contributed by atoms with E-state index in [0.717, 1.165) is 29.8 Å². The average molecular weight is 254 g/mol. The van der Waals surface area contributed by atoms with Crippen LogP contribution in [-0.4, -0.2) is 34.1 Å². The number of aromatic nitrogens is 2. The number of rotatable bonds is 3. The second-order valence-electron chi connectivity index (χ2n) is 5.20. The van der Waals surface area contributed by atoms with Gasteiger partial charge in [-0.3, -0.25) is 0 Å². The quantitative estimate of drug-likeness (QED) is 0.842. The molecule has 0 N–H and O–H groups in total. The highest BCUT2D eigenvalue weighted by atomic mass is 15.1. The Balaban J connectivity index is 1.83. The molecule has 0 radical (unpaired) electrons. The summed E-state index contributed by atoms with van der Waals surface area (Å²) >= 11 is 0. The highest BCUT2D eigenvalue weighted by Gasteiger charge is 2.13. The van der Waals surface area contributed by atoms with E-state index in [9.17, 15) is 0 Å². The molecule has 1 fully saturated rings. The van der Waals surface area contributed by atoms with E-state index in [1.165, 1.54) is 25.9 Å². The number of fused-ring (bicyclic) bond motifs is 1. The Morgan fingerprint density at radius 3 is 2.84 bits per heavy atom. The first kappa shape index (κ1) is 12.2. The summed E-state index contributed by atoms with van der Waals surface area (Å²) in [5.74, 6) is 1.11. The van der Waals surface area contributed by atoms with Gasteiger partial charge in [-0.25, -0.2) is 4.98 Å². The second-order valence-corrected chi connectivity index (χ2v) is 5.20. The summed E-state index contributed by atoms with van der Waals surface area (Å²) in [6, 6.07) is 7.88. The van der Waals surface area contributed by atoms with Crippen LogP contribution in [0.3, 0.4) is 0 Å². The standard InChI is InChI=1S/C15H18N4/c1-18-14-5-4-12(11-16)10-13(14)17-15(18)6-9-19-7-2-3-8-19/h4-5,10H,2-3,6-9H2,1H3. The zero-order valence-electron chi connectivity index (χ0n) is 11.3. The summed E-state index contributed by atoms with van der Waals surface area (Å²) in [4.78, 5) is 7.17. The van der Waals surface area contributed by atoms with Gasteiger partial charge in [-0.15, -0.1) is 0 Å². The molecule has 19 heavy (non-hydrogen) atoms. The highest BCUT2D eigenvalue weighted by Crippen LogP contribution is 2.17. The van der Waals surface area contributed by atoms with Crippen LogP contribution in [0.5, 0.6) is 0 Å². The number of nitrogens with zero attached hydrogens (tertiary/aromatic N) is 4. The molecule has 0 bridgehead atoms. The minimum absolute atomic E-state index is 0.677. The number of aryl methyl sites for hydroxylation is 1. The lowest BCUT2D eigenvalue weighted by Gasteiger charge is -2.13. The van der Waals surface area contributed by atoms with Gasteiger partial charge in [0.2, 0.25) is 0 Å². The Hall–Kier alpha value is -1.86. The van der Waals surface area contributed by atoms with Crippen LogP contribution in [0, 0.1) is 11.3 Å². The van der Waals surface area contributed by atoms with Gasteiger partial charge in [0, 0.05) is 20.0 Å². The topological polar surface area (TPSA) is 44.9 Å². The summed E-state index contributed by atoms with van der Waals surface area (Å²) in [7, 11) is 2.06. The lowest BCUT2D eigenvalue weighted by Crippen LogP contribution is -2.22. The van der Waals surface area contributed by atoms with E-state index in [2.05, 4.69) is 27.6 Å². The zero-order chi connectivity index (χ0) is 13.2. The fraction of sp³-hybridized carbons (Fsp3) is 0.467. The minimum atomic E-state index is 0.677. The van der Waals surface area contributed by atoms with Crippen LogP contribution in [0.1, 0.15) is 24.2 Å². The molecular weight excluding hydrogens is 236 g/mol. The van der Waals surface area contributed by atoms with Crippen LogP contribution < -0.4 is 0 Å². The van der Waals surface area contributed by atoms with Crippen LogP contribution in [0.2, 0.25) is 0 Å². The second kappa shape index (κ2) is 5.02. The van der Waals surface area contributed by atoms with Crippen LogP contribution >= 0.6 is 0 Å². The molecule has 0 atom stereocenters. The van der Waals surface area contributed by atoms with Gasteiger partial charge in [0.1, 0.15) is 5.82 Å². The van der Waals surface area contributed by atoms with Crippen molar-refractivity contribution in [2.75, 3.05) is 19.6 Å². The lowest BCUT2D eigenvalue weighted by atomic mass is 10.2. The number of imidazole rings is 1. The Bertz CT molecular complexity index is 629. The molecular formula is C15H18N4. The molecule has 0 unspecified atom stereocenters. The maximum Gasteiger partial charge on any atom is 0.110 e. The van der Waals surface area contributed by atoms with Crippen molar-refractivity contribution in [3.8, 4) is 6.07 Å². The van der Waals surface area contributed by atoms with Crippen molar-refractivity contribution in [2.24, 2.45) is 7.05 Å². The number of likely N-dealkylation sites (tertiary alicyclic amines) is 1. The van der Waals surface area contributed by atoms with Gasteiger partial charge in [-0.2, -0.15) is 5.26 Å². The van der Waals surface area contributed by atoms with Crippen LogP contribution in [0.4, 0.5) is 0 Å². The zero-order valence-corrected chi connectivity index (χ0v) is 11.3. The van der Waals surface area contributed by atoms with E-state index in [-0.39, 0.29) is 0 Å². The number of hydrogen-bond donors (Lipinski definition) is 0. The molecule has 1 aromatic heterocycles. The lowest BCUT2D eigenvalue weighted by molar-refractivity contribution is 0.340. The van der Waals surface area contributed by atoms with Gasteiger partial charge in [-0.1, -0.05) is 0 Å². The van der Waals surface area contributed by atoms with Gasteiger partial charge in [-0.05, 0) is 44.1 Å². The molecule has 0 aliphatic carbocycles. The first-order valence-electron chi connectivity index (χ1n) is 6.86. The predicted octanol–water partition coefficient (Wildman–Crippen LogP) is 2.08. The first-order chi connectivity index (χ1) is 9.28. The monoisotopic (exact) mass is 254 g/mol. The van der Waals surface area contributed by atoms with E-state index < -0.39 is 0 Å². The molecule has 1 saturated heterocycles. The van der Waals surface area contributed by atoms with Crippen molar-refractivity contribution in [1.29, 1.82) is 5.26 Å². The molecule has 1 aromatic carbocycles. The van der Waals surface area contributed by atoms with E-state index in [0.29, 0.717) is 5.56 Å². The van der Waals surface area contributed by atoms with Crippen molar-refractivity contribution in [3.63, 3.8) is 0 Å². The van der Waals surface area contributed by atoms with Crippen molar-refractivity contribution in [3.05, 3.63) is 29.6 Å². The molecule has 4 nitrogen and oxygen atoms in total. The molecule has 3 rings (SSSR count). The smallest absolute Gasteiger partial charge is 0.110 e. The molecule has 2 heterocycles. The number of hydrogen-bond acceptors (Lipinski definition) is 3. The average Bonchev–Trinajstić information content (AvgIpc) is 3.04. The fourth-order valence-electron chi connectivity index (χ4n) is 2.81. The molecule has 0 saturated carbocycles. The van der Waals surface area contributed by atoms with E-state index >= 15 is 0 Å². The van der Waals surface area contributed by atoms with Gasteiger partial charge >= 0.3 is 0 Å². The molecule has 2 aromatic rings. The van der Waals surface area contributed by atoms with E-state index in [1.54, 1.807) is 0 Å². The summed E-state index contributed by atoms with van der Waals surface area (Å²) in [6.45, 7) is 3.54. The molecule has 0 amide bonds. The predicted molar refractivity (Wildman–Crippen MR) is 74.8 cm³/mol. The van der Waals surface area contributed by atoms with Crippen molar-refractivity contribution >= 4 is 11.0 Å². The maximum atomic E-state index is 8.93. The van der Waals surface area contributed by atoms with Crippen molar-refractivity contribution in [2.45, 2.75) is 19.3 Å². The van der Waals surface area contributed by atoms with Crippen LogP contribution in [0.15, 0.2) is 18.2 Å². The fourth-order valence-corrected chi connectivity index (χ4v) is 2.81. The van der Waals surface area contributed by atoms with Crippen LogP contribution in [-0.2, 0) is 13.5 Å². The molecule has 98 valence electrons. The van der Waals surface area contributed by atoms with E-state index in [4.69, 9.17) is 5.26 Å². The third kappa shape index (κ3) is 2.34. The normalized spacial score (nSPS) is 16.0. The molecule has 4 heteroatoms. The molecule has 0 spiro atoms. The SMILES string of the molecule is Cn1c(CCN2CCCC2)nc2cc(C#N)ccc21. The van der Waals surface area contributed by atoms with Crippen LogP contribution in [0.25, 0.3) is 11.0 Å². The van der Waals surface area contributed by atoms with Gasteiger partial charge < -0.3 is 9.47 Å². The largest absolute Gasteiger partial charge is 0.331 e. The Labute approximate surface area is 113 Å². The Morgan fingerprint density at radius 2 is 2.11 bits per heavy atom. The minimum Gasteiger partial charge on any atom is -0.331 e.